The van der Waals surface area contributed by atoms with E-state index in [1.165, 1.54) is 0 Å². The Bertz CT molecular complexity index is 430. The topological polar surface area (TPSA) is 26.3 Å². The summed E-state index contributed by atoms with van der Waals surface area (Å²) in [6.45, 7) is 8.86. The second-order valence-electron chi connectivity index (χ2n) is 5.34. The minimum Gasteiger partial charge on any atom is -0.462 e. The SMILES string of the molecule is CC(C)COC(=O)c1ccc(Br)cc1SCC(C)C. The minimum absolute atomic E-state index is 0.229. The van der Waals surface area contributed by atoms with Crippen LogP contribution >= 0.6 is 27.7 Å². The highest BCUT2D eigenvalue weighted by Crippen LogP contribution is 2.28. The zero-order valence-electron chi connectivity index (χ0n) is 11.9. The van der Waals surface area contributed by atoms with Gasteiger partial charge in [-0.1, -0.05) is 43.6 Å². The van der Waals surface area contributed by atoms with E-state index in [4.69, 9.17) is 4.74 Å². The highest BCUT2D eigenvalue weighted by Gasteiger charge is 2.14. The van der Waals surface area contributed by atoms with E-state index in [-0.39, 0.29) is 5.97 Å². The molecule has 0 amide bonds. The number of rotatable bonds is 6. The molecule has 0 heterocycles. The molecular formula is C15H21BrO2S. The van der Waals surface area contributed by atoms with Crippen molar-refractivity contribution in [2.24, 2.45) is 11.8 Å². The Labute approximate surface area is 128 Å². The predicted molar refractivity (Wildman–Crippen MR) is 84.8 cm³/mol. The second-order valence-corrected chi connectivity index (χ2v) is 7.32. The summed E-state index contributed by atoms with van der Waals surface area (Å²) in [5, 5.41) is 0. The maximum atomic E-state index is 12.1. The summed E-state index contributed by atoms with van der Waals surface area (Å²) in [7, 11) is 0. The molecule has 0 radical (unpaired) electrons. The molecule has 1 aromatic carbocycles. The standard InChI is InChI=1S/C15H21BrO2S/c1-10(2)8-18-15(17)13-6-5-12(16)7-14(13)19-9-11(3)4/h5-7,10-11H,8-9H2,1-4H3. The van der Waals surface area contributed by atoms with Crippen LogP contribution < -0.4 is 0 Å². The van der Waals surface area contributed by atoms with Gasteiger partial charge in [0.1, 0.15) is 0 Å². The number of benzene rings is 1. The summed E-state index contributed by atoms with van der Waals surface area (Å²) in [5.74, 6) is 1.70. The third-order valence-corrected chi connectivity index (χ3v) is 4.26. The molecule has 0 aliphatic heterocycles. The first kappa shape index (κ1) is 16.6. The number of hydrogen-bond acceptors (Lipinski definition) is 3. The molecule has 0 fully saturated rings. The van der Waals surface area contributed by atoms with Gasteiger partial charge in [0, 0.05) is 15.1 Å². The summed E-state index contributed by atoms with van der Waals surface area (Å²) in [6.07, 6.45) is 0. The van der Waals surface area contributed by atoms with Gasteiger partial charge in [0.15, 0.2) is 0 Å². The molecule has 0 N–H and O–H groups in total. The number of halogens is 1. The van der Waals surface area contributed by atoms with Crippen molar-refractivity contribution < 1.29 is 9.53 Å². The van der Waals surface area contributed by atoms with E-state index in [1.54, 1.807) is 11.8 Å². The maximum absolute atomic E-state index is 12.1. The molecule has 2 nitrogen and oxygen atoms in total. The van der Waals surface area contributed by atoms with E-state index in [1.807, 2.05) is 32.0 Å². The van der Waals surface area contributed by atoms with Crippen LogP contribution in [0.1, 0.15) is 38.1 Å². The van der Waals surface area contributed by atoms with Crippen molar-refractivity contribution in [1.82, 2.24) is 0 Å². The number of carbonyl (C=O) groups is 1. The molecule has 0 unspecified atom stereocenters. The molecule has 0 spiro atoms. The zero-order valence-corrected chi connectivity index (χ0v) is 14.3. The highest BCUT2D eigenvalue weighted by molar-refractivity contribution is 9.10. The first-order valence-corrected chi connectivity index (χ1v) is 8.27. The van der Waals surface area contributed by atoms with Crippen LogP contribution in [0, 0.1) is 11.8 Å². The Hall–Kier alpha value is -0.480. The van der Waals surface area contributed by atoms with Crippen LogP contribution in [0.4, 0.5) is 0 Å². The van der Waals surface area contributed by atoms with Crippen molar-refractivity contribution in [3.8, 4) is 0 Å². The Morgan fingerprint density at radius 2 is 1.95 bits per heavy atom. The van der Waals surface area contributed by atoms with E-state index in [0.717, 1.165) is 15.1 Å². The Morgan fingerprint density at radius 3 is 2.53 bits per heavy atom. The van der Waals surface area contributed by atoms with Gasteiger partial charge >= 0.3 is 5.97 Å². The van der Waals surface area contributed by atoms with E-state index in [9.17, 15) is 4.79 Å². The number of thioether (sulfide) groups is 1. The third kappa shape index (κ3) is 6.00. The van der Waals surface area contributed by atoms with Crippen molar-refractivity contribution in [3.63, 3.8) is 0 Å². The van der Waals surface area contributed by atoms with Crippen molar-refractivity contribution in [2.75, 3.05) is 12.4 Å². The fraction of sp³-hybridized carbons (Fsp3) is 0.533. The Morgan fingerprint density at radius 1 is 1.26 bits per heavy atom. The van der Waals surface area contributed by atoms with E-state index < -0.39 is 0 Å². The molecule has 0 bridgehead atoms. The number of esters is 1. The molecule has 0 aliphatic rings. The van der Waals surface area contributed by atoms with Gasteiger partial charge in [-0.3, -0.25) is 0 Å². The minimum atomic E-state index is -0.229. The molecular weight excluding hydrogens is 324 g/mol. The van der Waals surface area contributed by atoms with Crippen LogP contribution in [0.3, 0.4) is 0 Å². The number of hydrogen-bond donors (Lipinski definition) is 0. The highest BCUT2D eigenvalue weighted by atomic mass is 79.9. The summed E-state index contributed by atoms with van der Waals surface area (Å²) < 4.78 is 6.29. The summed E-state index contributed by atoms with van der Waals surface area (Å²) in [6, 6.07) is 5.69. The van der Waals surface area contributed by atoms with Gasteiger partial charge in [0.25, 0.3) is 0 Å². The van der Waals surface area contributed by atoms with Crippen LogP contribution in [0.25, 0.3) is 0 Å². The van der Waals surface area contributed by atoms with Gasteiger partial charge in [-0.15, -0.1) is 11.8 Å². The second kappa shape index (κ2) is 7.95. The molecule has 1 aromatic rings. The maximum Gasteiger partial charge on any atom is 0.339 e. The lowest BCUT2D eigenvalue weighted by atomic mass is 10.2. The van der Waals surface area contributed by atoms with Crippen LogP contribution in [-0.2, 0) is 4.74 Å². The molecule has 0 atom stereocenters. The van der Waals surface area contributed by atoms with Crippen LogP contribution in [-0.4, -0.2) is 18.3 Å². The summed E-state index contributed by atoms with van der Waals surface area (Å²) in [4.78, 5) is 13.1. The molecule has 19 heavy (non-hydrogen) atoms. The first-order valence-electron chi connectivity index (χ1n) is 6.49. The van der Waals surface area contributed by atoms with Crippen LogP contribution in [0.2, 0.25) is 0 Å². The van der Waals surface area contributed by atoms with Crippen LogP contribution in [0.5, 0.6) is 0 Å². The predicted octanol–water partition coefficient (Wildman–Crippen LogP) is 5.01. The molecule has 0 aromatic heterocycles. The number of carbonyl (C=O) groups excluding carboxylic acids is 1. The van der Waals surface area contributed by atoms with Gasteiger partial charge < -0.3 is 4.74 Å². The summed E-state index contributed by atoms with van der Waals surface area (Å²) >= 11 is 5.15. The normalized spacial score (nSPS) is 11.1. The lowest BCUT2D eigenvalue weighted by molar-refractivity contribution is 0.0455. The molecule has 106 valence electrons. The largest absolute Gasteiger partial charge is 0.462 e. The van der Waals surface area contributed by atoms with E-state index in [2.05, 4.69) is 29.8 Å². The van der Waals surface area contributed by atoms with E-state index in [0.29, 0.717) is 24.0 Å². The van der Waals surface area contributed by atoms with Gasteiger partial charge in [-0.25, -0.2) is 4.79 Å². The monoisotopic (exact) mass is 344 g/mol. The van der Waals surface area contributed by atoms with Crippen LogP contribution in [0.15, 0.2) is 27.6 Å². The van der Waals surface area contributed by atoms with Gasteiger partial charge in [-0.2, -0.15) is 0 Å². The average Bonchev–Trinajstić information content (AvgIpc) is 2.33. The Balaban J connectivity index is 2.83. The average molecular weight is 345 g/mol. The van der Waals surface area contributed by atoms with Crippen molar-refractivity contribution in [3.05, 3.63) is 28.2 Å². The molecule has 0 saturated heterocycles. The van der Waals surface area contributed by atoms with Gasteiger partial charge in [-0.05, 0) is 30.0 Å². The summed E-state index contributed by atoms with van der Waals surface area (Å²) in [5.41, 5.74) is 0.662. The molecule has 0 aliphatic carbocycles. The van der Waals surface area contributed by atoms with E-state index >= 15 is 0 Å². The van der Waals surface area contributed by atoms with Crippen molar-refractivity contribution >= 4 is 33.7 Å². The molecule has 1 rings (SSSR count). The molecule has 0 saturated carbocycles. The smallest absolute Gasteiger partial charge is 0.339 e. The number of ether oxygens (including phenoxy) is 1. The zero-order chi connectivity index (χ0) is 14.4. The Kier molecular flexibility index (Phi) is 6.94. The van der Waals surface area contributed by atoms with Crippen molar-refractivity contribution in [1.29, 1.82) is 0 Å². The lowest BCUT2D eigenvalue weighted by Crippen LogP contribution is -2.11. The van der Waals surface area contributed by atoms with Gasteiger partial charge in [0.05, 0.1) is 12.2 Å². The molecule has 4 heteroatoms. The van der Waals surface area contributed by atoms with Gasteiger partial charge in [0.2, 0.25) is 0 Å². The third-order valence-electron chi connectivity index (χ3n) is 2.28. The quantitative estimate of drug-likeness (QED) is 0.535. The fourth-order valence-electron chi connectivity index (χ4n) is 1.36. The fourth-order valence-corrected chi connectivity index (χ4v) is 2.90. The lowest BCUT2D eigenvalue weighted by Gasteiger charge is -2.12. The first-order chi connectivity index (χ1) is 8.90. The van der Waals surface area contributed by atoms with Crippen molar-refractivity contribution in [2.45, 2.75) is 32.6 Å².